The predicted octanol–water partition coefficient (Wildman–Crippen LogP) is -1.39. The molecule has 0 atom stereocenters. The van der Waals surface area contributed by atoms with E-state index in [0.29, 0.717) is 6.54 Å². The quantitative estimate of drug-likeness (QED) is 0.431. The van der Waals surface area contributed by atoms with E-state index in [1.807, 2.05) is 6.92 Å². The van der Waals surface area contributed by atoms with Crippen molar-refractivity contribution in [2.45, 2.75) is 12.6 Å². The molecule has 0 aliphatic heterocycles. The highest BCUT2D eigenvalue weighted by atomic mass is 16.4. The van der Waals surface area contributed by atoms with Gasteiger partial charge in [0.2, 0.25) is 0 Å². The lowest BCUT2D eigenvalue weighted by atomic mass is 10.2. The summed E-state index contributed by atoms with van der Waals surface area (Å²) < 4.78 is 0. The number of aliphatic hydroxyl groups is 3. The molecule has 0 radical (unpaired) electrons. The second-order valence-electron chi connectivity index (χ2n) is 2.31. The number of rotatable bonds is 4. The minimum Gasteiger partial charge on any atom is -0.392 e. The Hall–Kier alpha value is -0.160. The molecule has 10 heavy (non-hydrogen) atoms. The van der Waals surface area contributed by atoms with E-state index in [0.717, 1.165) is 0 Å². The van der Waals surface area contributed by atoms with Gasteiger partial charge in [-0.3, -0.25) is 4.90 Å². The summed E-state index contributed by atoms with van der Waals surface area (Å²) in [7, 11) is 1.63. The van der Waals surface area contributed by atoms with Crippen LogP contribution in [0.1, 0.15) is 6.92 Å². The van der Waals surface area contributed by atoms with Crippen LogP contribution in [0.4, 0.5) is 0 Å². The molecule has 0 bridgehead atoms. The van der Waals surface area contributed by atoms with Gasteiger partial charge in [0.15, 0.2) is 5.72 Å². The van der Waals surface area contributed by atoms with Crippen LogP contribution in [0.3, 0.4) is 0 Å². The van der Waals surface area contributed by atoms with Crippen molar-refractivity contribution in [3.05, 3.63) is 0 Å². The van der Waals surface area contributed by atoms with Gasteiger partial charge >= 0.3 is 0 Å². The van der Waals surface area contributed by atoms with E-state index in [9.17, 15) is 5.11 Å². The van der Waals surface area contributed by atoms with Crippen LogP contribution in [0.25, 0.3) is 0 Å². The molecule has 3 N–H and O–H groups in total. The zero-order chi connectivity index (χ0) is 8.20. The molecule has 4 nitrogen and oxygen atoms in total. The van der Waals surface area contributed by atoms with Crippen LogP contribution < -0.4 is 0 Å². The maximum absolute atomic E-state index is 9.32. The number of hydrogen-bond donors (Lipinski definition) is 3. The molecule has 0 aromatic carbocycles. The molecule has 0 aromatic rings. The van der Waals surface area contributed by atoms with Crippen molar-refractivity contribution in [3.63, 3.8) is 0 Å². The van der Waals surface area contributed by atoms with Gasteiger partial charge in [-0.05, 0) is 13.6 Å². The van der Waals surface area contributed by atoms with E-state index < -0.39 is 18.9 Å². The van der Waals surface area contributed by atoms with Crippen LogP contribution in [0.5, 0.6) is 0 Å². The van der Waals surface area contributed by atoms with Crippen LogP contribution in [0, 0.1) is 0 Å². The van der Waals surface area contributed by atoms with E-state index in [4.69, 9.17) is 10.2 Å². The van der Waals surface area contributed by atoms with Crippen LogP contribution in [-0.4, -0.2) is 52.8 Å². The molecule has 0 amide bonds. The molecule has 62 valence electrons. The van der Waals surface area contributed by atoms with Gasteiger partial charge in [0.1, 0.15) is 0 Å². The summed E-state index contributed by atoms with van der Waals surface area (Å²) in [4.78, 5) is 1.48. The third-order valence-electron chi connectivity index (χ3n) is 1.69. The summed E-state index contributed by atoms with van der Waals surface area (Å²) in [6.07, 6.45) is 0. The van der Waals surface area contributed by atoms with Gasteiger partial charge in [-0.1, -0.05) is 6.92 Å². The van der Waals surface area contributed by atoms with Crippen molar-refractivity contribution < 1.29 is 15.3 Å². The minimum absolute atomic E-state index is 0.451. The Kier molecular flexibility index (Phi) is 3.81. The molecule has 0 aliphatic carbocycles. The smallest absolute Gasteiger partial charge is 0.164 e. The first-order valence-corrected chi connectivity index (χ1v) is 3.26. The van der Waals surface area contributed by atoms with Crippen LogP contribution >= 0.6 is 0 Å². The Morgan fingerprint density at radius 3 is 1.80 bits per heavy atom. The zero-order valence-electron chi connectivity index (χ0n) is 6.41. The van der Waals surface area contributed by atoms with Crippen LogP contribution in [-0.2, 0) is 0 Å². The molecule has 0 fully saturated rings. The van der Waals surface area contributed by atoms with Crippen molar-refractivity contribution >= 4 is 0 Å². The molecule has 0 saturated heterocycles. The molecule has 0 unspecified atom stereocenters. The summed E-state index contributed by atoms with van der Waals surface area (Å²) in [6.45, 7) is 1.51. The Bertz CT molecular complexity index is 93.0. The maximum atomic E-state index is 9.32. The van der Waals surface area contributed by atoms with Crippen molar-refractivity contribution in [2.75, 3.05) is 26.8 Å². The summed E-state index contributed by atoms with van der Waals surface area (Å²) in [5.41, 5.74) is -1.46. The van der Waals surface area contributed by atoms with Gasteiger partial charge in [0.05, 0.1) is 13.2 Å². The third kappa shape index (κ3) is 1.91. The minimum atomic E-state index is -1.46. The molecule has 4 heteroatoms. The molecular formula is C6H15NO3. The van der Waals surface area contributed by atoms with Crippen molar-refractivity contribution in [2.24, 2.45) is 0 Å². The van der Waals surface area contributed by atoms with Gasteiger partial charge in [-0.25, -0.2) is 0 Å². The maximum Gasteiger partial charge on any atom is 0.164 e. The van der Waals surface area contributed by atoms with E-state index in [1.165, 1.54) is 4.90 Å². The standard InChI is InChI=1S/C6H15NO3/c1-3-7(2)6(10,4-8)5-9/h8-10H,3-5H2,1-2H3. The van der Waals surface area contributed by atoms with Crippen molar-refractivity contribution in [3.8, 4) is 0 Å². The number of likely N-dealkylation sites (N-methyl/N-ethyl adjacent to an activating group) is 1. The molecule has 0 rings (SSSR count). The fourth-order valence-electron chi connectivity index (χ4n) is 0.586. The Morgan fingerprint density at radius 1 is 1.30 bits per heavy atom. The summed E-state index contributed by atoms with van der Waals surface area (Å²) >= 11 is 0. The number of hydrogen-bond acceptors (Lipinski definition) is 4. The van der Waals surface area contributed by atoms with Gasteiger partial charge in [0, 0.05) is 0 Å². The molecule has 0 heterocycles. The zero-order valence-corrected chi connectivity index (χ0v) is 6.41. The first-order valence-electron chi connectivity index (χ1n) is 3.26. The normalized spacial score (nSPS) is 12.6. The van der Waals surface area contributed by atoms with Crippen molar-refractivity contribution in [1.29, 1.82) is 0 Å². The SMILES string of the molecule is CCN(C)C(O)(CO)CO. The second-order valence-corrected chi connectivity index (χ2v) is 2.31. The molecule has 0 aromatic heterocycles. The van der Waals surface area contributed by atoms with Gasteiger partial charge in [-0.15, -0.1) is 0 Å². The fourth-order valence-corrected chi connectivity index (χ4v) is 0.586. The van der Waals surface area contributed by atoms with Crippen LogP contribution in [0.2, 0.25) is 0 Å². The molecule has 0 saturated carbocycles. The predicted molar refractivity (Wildman–Crippen MR) is 37.4 cm³/mol. The largest absolute Gasteiger partial charge is 0.392 e. The van der Waals surface area contributed by atoms with Gasteiger partial charge < -0.3 is 15.3 Å². The average molecular weight is 149 g/mol. The Morgan fingerprint density at radius 2 is 1.70 bits per heavy atom. The van der Waals surface area contributed by atoms with E-state index >= 15 is 0 Å². The third-order valence-corrected chi connectivity index (χ3v) is 1.69. The highest BCUT2D eigenvalue weighted by molar-refractivity contribution is 4.73. The first kappa shape index (κ1) is 9.84. The molecule has 0 aliphatic rings. The highest BCUT2D eigenvalue weighted by Crippen LogP contribution is 2.06. The van der Waals surface area contributed by atoms with E-state index in [2.05, 4.69) is 0 Å². The average Bonchev–Trinajstić information content (AvgIpc) is 2.01. The lowest BCUT2D eigenvalue weighted by Crippen LogP contribution is -2.52. The van der Waals surface area contributed by atoms with E-state index in [1.54, 1.807) is 7.05 Å². The summed E-state index contributed by atoms with van der Waals surface area (Å²) in [5.74, 6) is 0. The van der Waals surface area contributed by atoms with E-state index in [-0.39, 0.29) is 0 Å². The van der Waals surface area contributed by atoms with Crippen molar-refractivity contribution in [1.82, 2.24) is 4.90 Å². The van der Waals surface area contributed by atoms with Crippen LogP contribution in [0.15, 0.2) is 0 Å². The number of aliphatic hydroxyl groups excluding tert-OH is 2. The Labute approximate surface area is 60.7 Å². The first-order chi connectivity index (χ1) is 4.60. The second kappa shape index (κ2) is 3.88. The molecule has 0 spiro atoms. The number of nitrogens with zero attached hydrogens (tertiary/aromatic N) is 1. The Balaban J connectivity index is 4.02. The summed E-state index contributed by atoms with van der Waals surface area (Å²) in [6, 6.07) is 0. The topological polar surface area (TPSA) is 63.9 Å². The fraction of sp³-hybridized carbons (Fsp3) is 1.00. The van der Waals surface area contributed by atoms with Gasteiger partial charge in [-0.2, -0.15) is 0 Å². The monoisotopic (exact) mass is 149 g/mol. The lowest BCUT2D eigenvalue weighted by Gasteiger charge is -2.32. The summed E-state index contributed by atoms with van der Waals surface area (Å²) in [5, 5.41) is 26.6. The van der Waals surface area contributed by atoms with Gasteiger partial charge in [0.25, 0.3) is 0 Å². The highest BCUT2D eigenvalue weighted by Gasteiger charge is 2.28. The lowest BCUT2D eigenvalue weighted by molar-refractivity contribution is -0.152. The molecular weight excluding hydrogens is 134 g/mol.